The van der Waals surface area contributed by atoms with Crippen LogP contribution in [0.5, 0.6) is 0 Å². The molecule has 0 spiro atoms. The Bertz CT molecular complexity index is 299. The predicted octanol–water partition coefficient (Wildman–Crippen LogP) is -0.475. The Morgan fingerprint density at radius 3 is 2.56 bits per heavy atom. The van der Waals surface area contributed by atoms with Gasteiger partial charge >= 0.3 is 0 Å². The highest BCUT2D eigenvalue weighted by Crippen LogP contribution is 2.07. The van der Waals surface area contributed by atoms with Gasteiger partial charge in [-0.15, -0.1) is 0 Å². The van der Waals surface area contributed by atoms with Crippen LogP contribution in [0.4, 0.5) is 0 Å². The van der Waals surface area contributed by atoms with Crippen molar-refractivity contribution in [1.29, 1.82) is 0 Å². The number of amides is 2. The van der Waals surface area contributed by atoms with E-state index in [0.29, 0.717) is 6.61 Å². The zero-order valence-corrected chi connectivity index (χ0v) is 11.1. The number of hydrogen-bond acceptors (Lipinski definition) is 4. The molecule has 1 rings (SSSR count). The van der Waals surface area contributed by atoms with Crippen molar-refractivity contribution in [3.63, 3.8) is 0 Å². The largest absolute Gasteiger partial charge is 0.378 e. The summed E-state index contributed by atoms with van der Waals surface area (Å²) >= 11 is 0. The molecule has 0 radical (unpaired) electrons. The maximum atomic E-state index is 11.6. The molecule has 0 unspecified atom stereocenters. The lowest BCUT2D eigenvalue weighted by Crippen LogP contribution is -2.53. The van der Waals surface area contributed by atoms with E-state index in [0.717, 1.165) is 25.9 Å². The highest BCUT2D eigenvalue weighted by atomic mass is 16.5. The summed E-state index contributed by atoms with van der Waals surface area (Å²) in [6, 6.07) is 0. The molecule has 0 saturated carbocycles. The molecule has 0 aromatic heterocycles. The van der Waals surface area contributed by atoms with Crippen molar-refractivity contribution in [1.82, 2.24) is 10.6 Å². The smallest absolute Gasteiger partial charge is 0.242 e. The van der Waals surface area contributed by atoms with Gasteiger partial charge in [-0.1, -0.05) is 0 Å². The van der Waals surface area contributed by atoms with Gasteiger partial charge in [0.25, 0.3) is 0 Å². The van der Waals surface area contributed by atoms with E-state index >= 15 is 0 Å². The van der Waals surface area contributed by atoms with Crippen LogP contribution in [0, 0.1) is 0 Å². The zero-order valence-electron chi connectivity index (χ0n) is 11.1. The SMILES string of the molecule is CC(C)(NC(=O)CCOC1CCNCC1)C(N)=O. The lowest BCUT2D eigenvalue weighted by molar-refractivity contribution is -0.131. The number of rotatable bonds is 6. The Labute approximate surface area is 108 Å². The average Bonchev–Trinajstić information content (AvgIpc) is 2.29. The minimum Gasteiger partial charge on any atom is -0.378 e. The standard InChI is InChI=1S/C12H23N3O3/c1-12(2,11(13)17)15-10(16)5-8-18-9-3-6-14-7-4-9/h9,14H,3-8H2,1-2H3,(H2,13,17)(H,15,16). The second kappa shape index (κ2) is 6.70. The van der Waals surface area contributed by atoms with Crippen molar-refractivity contribution in [2.24, 2.45) is 5.73 Å². The number of carbonyl (C=O) groups is 2. The summed E-state index contributed by atoms with van der Waals surface area (Å²) in [6.07, 6.45) is 2.45. The number of nitrogens with two attached hydrogens (primary N) is 1. The first-order valence-corrected chi connectivity index (χ1v) is 6.35. The second-order valence-electron chi connectivity index (χ2n) is 5.11. The maximum Gasteiger partial charge on any atom is 0.242 e. The van der Waals surface area contributed by atoms with Crippen molar-refractivity contribution in [3.05, 3.63) is 0 Å². The quantitative estimate of drug-likeness (QED) is 0.599. The molecule has 4 N–H and O–H groups in total. The molecule has 18 heavy (non-hydrogen) atoms. The van der Waals surface area contributed by atoms with Crippen LogP contribution >= 0.6 is 0 Å². The molecule has 1 aliphatic rings. The fourth-order valence-electron chi connectivity index (χ4n) is 1.75. The normalized spacial score (nSPS) is 17.4. The molecule has 0 bridgehead atoms. The summed E-state index contributed by atoms with van der Waals surface area (Å²) < 4.78 is 5.61. The third-order valence-electron chi connectivity index (χ3n) is 3.04. The molecular weight excluding hydrogens is 234 g/mol. The third-order valence-corrected chi connectivity index (χ3v) is 3.04. The van der Waals surface area contributed by atoms with Crippen LogP contribution < -0.4 is 16.4 Å². The van der Waals surface area contributed by atoms with Crippen molar-refractivity contribution in [2.75, 3.05) is 19.7 Å². The monoisotopic (exact) mass is 257 g/mol. The van der Waals surface area contributed by atoms with Crippen LogP contribution in [-0.2, 0) is 14.3 Å². The molecule has 0 aromatic rings. The number of carbonyl (C=O) groups excluding carboxylic acids is 2. The number of ether oxygens (including phenoxy) is 1. The van der Waals surface area contributed by atoms with Crippen molar-refractivity contribution in [2.45, 2.75) is 44.8 Å². The molecule has 1 saturated heterocycles. The van der Waals surface area contributed by atoms with Gasteiger partial charge in [0.2, 0.25) is 11.8 Å². The molecule has 0 aromatic carbocycles. The molecule has 1 heterocycles. The van der Waals surface area contributed by atoms with E-state index < -0.39 is 11.4 Å². The van der Waals surface area contributed by atoms with Crippen LogP contribution in [0.15, 0.2) is 0 Å². The van der Waals surface area contributed by atoms with Gasteiger partial charge in [-0.3, -0.25) is 9.59 Å². The molecular formula is C12H23N3O3. The second-order valence-corrected chi connectivity index (χ2v) is 5.11. The van der Waals surface area contributed by atoms with Gasteiger partial charge in [0.05, 0.1) is 12.7 Å². The van der Waals surface area contributed by atoms with E-state index in [4.69, 9.17) is 10.5 Å². The Morgan fingerprint density at radius 2 is 2.00 bits per heavy atom. The Kier molecular flexibility index (Phi) is 5.55. The molecule has 1 aliphatic heterocycles. The fourth-order valence-corrected chi connectivity index (χ4v) is 1.75. The predicted molar refractivity (Wildman–Crippen MR) is 67.9 cm³/mol. The lowest BCUT2D eigenvalue weighted by atomic mass is 10.1. The van der Waals surface area contributed by atoms with Crippen molar-refractivity contribution in [3.8, 4) is 0 Å². The van der Waals surface area contributed by atoms with Crippen LogP contribution in [0.2, 0.25) is 0 Å². The summed E-state index contributed by atoms with van der Waals surface area (Å²) in [4.78, 5) is 22.6. The molecule has 6 nitrogen and oxygen atoms in total. The van der Waals surface area contributed by atoms with Gasteiger partial charge in [0, 0.05) is 6.42 Å². The summed E-state index contributed by atoms with van der Waals surface area (Å²) in [5, 5.41) is 5.83. The van der Waals surface area contributed by atoms with E-state index in [-0.39, 0.29) is 18.4 Å². The van der Waals surface area contributed by atoms with Crippen molar-refractivity contribution >= 4 is 11.8 Å². The molecule has 0 atom stereocenters. The first-order chi connectivity index (χ1) is 8.42. The van der Waals surface area contributed by atoms with Gasteiger partial charge in [-0.05, 0) is 39.8 Å². The first-order valence-electron chi connectivity index (χ1n) is 6.35. The number of piperidine rings is 1. The molecule has 2 amide bonds. The minimum absolute atomic E-state index is 0.215. The number of nitrogens with one attached hydrogen (secondary N) is 2. The number of primary amides is 1. The van der Waals surface area contributed by atoms with Crippen LogP contribution in [0.1, 0.15) is 33.1 Å². The van der Waals surface area contributed by atoms with E-state index in [9.17, 15) is 9.59 Å². The van der Waals surface area contributed by atoms with Crippen molar-refractivity contribution < 1.29 is 14.3 Å². The Balaban J connectivity index is 2.18. The van der Waals surface area contributed by atoms with Gasteiger partial charge in [-0.25, -0.2) is 0 Å². The summed E-state index contributed by atoms with van der Waals surface area (Å²) in [5.74, 6) is -0.761. The van der Waals surface area contributed by atoms with E-state index in [2.05, 4.69) is 10.6 Å². The molecule has 0 aliphatic carbocycles. The fraction of sp³-hybridized carbons (Fsp3) is 0.833. The zero-order chi connectivity index (χ0) is 13.6. The maximum absolute atomic E-state index is 11.6. The minimum atomic E-state index is -1.01. The van der Waals surface area contributed by atoms with Crippen LogP contribution in [0.25, 0.3) is 0 Å². The highest BCUT2D eigenvalue weighted by molar-refractivity contribution is 5.89. The van der Waals surface area contributed by atoms with Gasteiger partial charge in [0.15, 0.2) is 0 Å². The van der Waals surface area contributed by atoms with E-state index in [1.807, 2.05) is 0 Å². The van der Waals surface area contributed by atoms with E-state index in [1.165, 1.54) is 0 Å². The summed E-state index contributed by atoms with van der Waals surface area (Å²) in [5.41, 5.74) is 4.16. The van der Waals surface area contributed by atoms with Crippen LogP contribution in [-0.4, -0.2) is 43.2 Å². The lowest BCUT2D eigenvalue weighted by Gasteiger charge is -2.24. The molecule has 1 fully saturated rings. The Hall–Kier alpha value is -1.14. The molecule has 104 valence electrons. The van der Waals surface area contributed by atoms with Gasteiger partial charge in [-0.2, -0.15) is 0 Å². The topological polar surface area (TPSA) is 93.4 Å². The van der Waals surface area contributed by atoms with Crippen LogP contribution in [0.3, 0.4) is 0 Å². The highest BCUT2D eigenvalue weighted by Gasteiger charge is 2.26. The Morgan fingerprint density at radius 1 is 1.39 bits per heavy atom. The summed E-state index contributed by atoms with van der Waals surface area (Å²) in [7, 11) is 0. The van der Waals surface area contributed by atoms with Gasteiger partial charge < -0.3 is 21.1 Å². The first kappa shape index (κ1) is 14.9. The third kappa shape index (κ3) is 5.01. The summed E-state index contributed by atoms with van der Waals surface area (Å²) in [6.45, 7) is 5.48. The number of hydrogen-bond donors (Lipinski definition) is 3. The van der Waals surface area contributed by atoms with Gasteiger partial charge in [0.1, 0.15) is 5.54 Å². The molecule has 6 heteroatoms. The average molecular weight is 257 g/mol. The van der Waals surface area contributed by atoms with E-state index in [1.54, 1.807) is 13.8 Å².